The Hall–Kier alpha value is -2.04. The van der Waals surface area contributed by atoms with Gasteiger partial charge in [-0.25, -0.2) is 4.79 Å². The van der Waals surface area contributed by atoms with Crippen molar-refractivity contribution in [1.29, 1.82) is 0 Å². The van der Waals surface area contributed by atoms with Gasteiger partial charge in [0.05, 0.1) is 22.4 Å². The molecule has 1 aliphatic carbocycles. The minimum absolute atomic E-state index is 0.0194. The first-order chi connectivity index (χ1) is 9.62. The highest BCUT2D eigenvalue weighted by atomic mass is 16.4. The number of aromatic carboxylic acids is 1. The second-order valence-electron chi connectivity index (χ2n) is 5.68. The molecule has 0 unspecified atom stereocenters. The van der Waals surface area contributed by atoms with Crippen LogP contribution in [0.25, 0.3) is 0 Å². The number of carbonyl (C=O) groups is 2. The summed E-state index contributed by atoms with van der Waals surface area (Å²) in [5, 5.41) is 15.4. The molecule has 5 nitrogen and oxygen atoms in total. The third-order valence-electron chi connectivity index (χ3n) is 4.44. The molecule has 0 radical (unpaired) electrons. The van der Waals surface area contributed by atoms with Gasteiger partial charge in [-0.15, -0.1) is 0 Å². The zero-order chi connectivity index (χ0) is 14.2. The molecular weight excluding hydrogens is 256 g/mol. The number of hydrogen-bond donors (Lipinski definition) is 3. The molecule has 0 bridgehead atoms. The third kappa shape index (κ3) is 2.03. The van der Waals surface area contributed by atoms with E-state index in [9.17, 15) is 14.7 Å². The van der Waals surface area contributed by atoms with Crippen LogP contribution in [-0.4, -0.2) is 23.5 Å². The lowest BCUT2D eigenvalue weighted by atomic mass is 9.73. The molecule has 1 spiro atoms. The maximum absolute atomic E-state index is 12.5. The summed E-state index contributed by atoms with van der Waals surface area (Å²) in [6, 6.07) is 4.96. The molecule has 5 heteroatoms. The summed E-state index contributed by atoms with van der Waals surface area (Å²) in [7, 11) is 0. The fraction of sp³-hybridized carbons (Fsp3) is 0.467. The van der Waals surface area contributed by atoms with Crippen molar-refractivity contribution in [3.8, 4) is 0 Å². The van der Waals surface area contributed by atoms with E-state index in [1.54, 1.807) is 18.2 Å². The van der Waals surface area contributed by atoms with Crippen molar-refractivity contribution in [3.05, 3.63) is 23.8 Å². The van der Waals surface area contributed by atoms with Crippen LogP contribution < -0.4 is 10.6 Å². The number of rotatable bonds is 1. The summed E-state index contributed by atoms with van der Waals surface area (Å²) in [6.45, 7) is 0.510. The number of amides is 1. The topological polar surface area (TPSA) is 78.4 Å². The zero-order valence-electron chi connectivity index (χ0n) is 11.2. The van der Waals surface area contributed by atoms with Gasteiger partial charge in [-0.2, -0.15) is 0 Å². The number of anilines is 2. The van der Waals surface area contributed by atoms with Crippen molar-refractivity contribution < 1.29 is 14.7 Å². The fourth-order valence-corrected chi connectivity index (χ4v) is 3.25. The fourth-order valence-electron chi connectivity index (χ4n) is 3.25. The monoisotopic (exact) mass is 274 g/mol. The van der Waals surface area contributed by atoms with Crippen molar-refractivity contribution in [1.82, 2.24) is 0 Å². The van der Waals surface area contributed by atoms with Crippen molar-refractivity contribution in [3.63, 3.8) is 0 Å². The lowest BCUT2D eigenvalue weighted by Gasteiger charge is -2.34. The van der Waals surface area contributed by atoms with Crippen LogP contribution in [0.2, 0.25) is 0 Å². The summed E-state index contributed by atoms with van der Waals surface area (Å²) in [5.41, 5.74) is 0.899. The Morgan fingerprint density at radius 1 is 1.20 bits per heavy atom. The van der Waals surface area contributed by atoms with Crippen LogP contribution in [0.1, 0.15) is 42.5 Å². The number of benzene rings is 1. The minimum atomic E-state index is -0.983. The molecule has 1 aliphatic heterocycles. The molecule has 0 aromatic heterocycles. The average molecular weight is 274 g/mol. The van der Waals surface area contributed by atoms with Gasteiger partial charge in [0.25, 0.3) is 0 Å². The Morgan fingerprint density at radius 2 is 1.95 bits per heavy atom. The van der Waals surface area contributed by atoms with E-state index in [2.05, 4.69) is 10.6 Å². The SMILES string of the molecule is O=C(O)c1cccc2c1NCC1(CCCCC1)C(=O)N2. The Balaban J connectivity index is 1.98. The number of hydrogen-bond acceptors (Lipinski definition) is 3. The van der Waals surface area contributed by atoms with Crippen LogP contribution in [0.3, 0.4) is 0 Å². The molecule has 1 saturated carbocycles. The molecule has 1 aromatic carbocycles. The van der Waals surface area contributed by atoms with Gasteiger partial charge in [-0.1, -0.05) is 25.3 Å². The first kappa shape index (κ1) is 13.0. The Kier molecular flexibility index (Phi) is 3.12. The van der Waals surface area contributed by atoms with Gasteiger partial charge in [0, 0.05) is 6.54 Å². The third-order valence-corrected chi connectivity index (χ3v) is 4.44. The standard InChI is InChI=1S/C15H18N2O3/c18-13(19)10-5-4-6-11-12(10)16-9-15(14(20)17-11)7-2-1-3-8-15/h4-6,16H,1-3,7-9H2,(H,17,20)(H,18,19). The number of carboxylic acids is 1. The van der Waals surface area contributed by atoms with E-state index in [4.69, 9.17) is 0 Å². The Morgan fingerprint density at radius 3 is 2.65 bits per heavy atom. The van der Waals surface area contributed by atoms with Gasteiger partial charge >= 0.3 is 5.97 Å². The van der Waals surface area contributed by atoms with Crippen LogP contribution >= 0.6 is 0 Å². The lowest BCUT2D eigenvalue weighted by Crippen LogP contribution is -2.41. The molecule has 0 saturated heterocycles. The molecule has 0 atom stereocenters. The molecule has 1 fully saturated rings. The predicted octanol–water partition coefficient (Wildman–Crippen LogP) is 2.70. The van der Waals surface area contributed by atoms with Crippen LogP contribution in [0.4, 0.5) is 11.4 Å². The van der Waals surface area contributed by atoms with E-state index in [1.165, 1.54) is 6.42 Å². The van der Waals surface area contributed by atoms with Gasteiger partial charge in [0.15, 0.2) is 0 Å². The molecular formula is C15H18N2O3. The summed E-state index contributed by atoms with van der Waals surface area (Å²) in [4.78, 5) is 23.8. The molecule has 1 aromatic rings. The van der Waals surface area contributed by atoms with Crippen LogP contribution in [0.15, 0.2) is 18.2 Å². The number of carboxylic acid groups (broad SMARTS) is 1. The second-order valence-corrected chi connectivity index (χ2v) is 5.68. The highest BCUT2D eigenvalue weighted by molar-refractivity contribution is 6.05. The van der Waals surface area contributed by atoms with Crippen molar-refractivity contribution >= 4 is 23.3 Å². The van der Waals surface area contributed by atoms with Crippen molar-refractivity contribution in [2.24, 2.45) is 5.41 Å². The Labute approximate surface area is 117 Å². The van der Waals surface area contributed by atoms with E-state index in [0.29, 0.717) is 17.9 Å². The summed E-state index contributed by atoms with van der Waals surface area (Å²) >= 11 is 0. The highest BCUT2D eigenvalue weighted by Crippen LogP contribution is 2.41. The first-order valence-corrected chi connectivity index (χ1v) is 7.04. The highest BCUT2D eigenvalue weighted by Gasteiger charge is 2.41. The normalized spacial score (nSPS) is 20.5. The first-order valence-electron chi connectivity index (χ1n) is 7.04. The maximum atomic E-state index is 12.5. The van der Waals surface area contributed by atoms with Crippen LogP contribution in [0, 0.1) is 5.41 Å². The van der Waals surface area contributed by atoms with E-state index < -0.39 is 11.4 Å². The molecule has 3 N–H and O–H groups in total. The molecule has 3 rings (SSSR count). The predicted molar refractivity (Wildman–Crippen MR) is 76.0 cm³/mol. The van der Waals surface area contributed by atoms with Crippen LogP contribution in [0.5, 0.6) is 0 Å². The number of carbonyl (C=O) groups excluding carboxylic acids is 1. The van der Waals surface area contributed by atoms with E-state index in [1.807, 2.05) is 0 Å². The van der Waals surface area contributed by atoms with Crippen molar-refractivity contribution in [2.75, 3.05) is 17.2 Å². The molecule has 20 heavy (non-hydrogen) atoms. The van der Waals surface area contributed by atoms with Crippen molar-refractivity contribution in [2.45, 2.75) is 32.1 Å². The molecule has 1 heterocycles. The number of nitrogens with one attached hydrogen (secondary N) is 2. The van der Waals surface area contributed by atoms with Gasteiger partial charge in [-0.3, -0.25) is 4.79 Å². The second kappa shape index (κ2) is 4.81. The van der Waals surface area contributed by atoms with Gasteiger partial charge < -0.3 is 15.7 Å². The summed E-state index contributed by atoms with van der Waals surface area (Å²) in [5.74, 6) is -0.964. The minimum Gasteiger partial charge on any atom is -0.478 e. The smallest absolute Gasteiger partial charge is 0.337 e. The summed E-state index contributed by atoms with van der Waals surface area (Å²) in [6.07, 6.45) is 5.00. The Bertz CT molecular complexity index is 562. The van der Waals surface area contributed by atoms with Gasteiger partial charge in [0.1, 0.15) is 0 Å². The average Bonchev–Trinajstić information content (AvgIpc) is 2.58. The molecule has 1 amide bonds. The molecule has 106 valence electrons. The van der Waals surface area contributed by atoms with Crippen LogP contribution in [-0.2, 0) is 4.79 Å². The largest absolute Gasteiger partial charge is 0.478 e. The van der Waals surface area contributed by atoms with Gasteiger partial charge in [-0.05, 0) is 25.0 Å². The van der Waals surface area contributed by atoms with Gasteiger partial charge in [0.2, 0.25) is 5.91 Å². The summed E-state index contributed by atoms with van der Waals surface area (Å²) < 4.78 is 0. The lowest BCUT2D eigenvalue weighted by molar-refractivity contribution is -0.126. The van der Waals surface area contributed by atoms with E-state index in [-0.39, 0.29) is 11.5 Å². The zero-order valence-corrected chi connectivity index (χ0v) is 11.2. The molecule has 2 aliphatic rings. The van der Waals surface area contributed by atoms with E-state index >= 15 is 0 Å². The quantitative estimate of drug-likeness (QED) is 0.735. The van der Waals surface area contributed by atoms with E-state index in [0.717, 1.165) is 25.7 Å². The number of fused-ring (bicyclic) bond motifs is 1. The number of para-hydroxylation sites is 1. The maximum Gasteiger partial charge on any atom is 0.337 e.